The van der Waals surface area contributed by atoms with Gasteiger partial charge in [0.2, 0.25) is 0 Å². The summed E-state index contributed by atoms with van der Waals surface area (Å²) in [5, 5.41) is 3.41. The minimum Gasteiger partial charge on any atom is -0.493 e. The van der Waals surface area contributed by atoms with Crippen LogP contribution in [0.2, 0.25) is 0 Å². The van der Waals surface area contributed by atoms with E-state index in [4.69, 9.17) is 18.9 Å². The van der Waals surface area contributed by atoms with E-state index in [2.05, 4.69) is 17.4 Å². The molecule has 1 heterocycles. The van der Waals surface area contributed by atoms with Gasteiger partial charge in [0.05, 0.1) is 19.3 Å². The molecule has 2 unspecified atom stereocenters. The number of benzene rings is 3. The zero-order valence-electron chi connectivity index (χ0n) is 23.6. The lowest BCUT2D eigenvalue weighted by molar-refractivity contribution is -0.140. The molecule has 2 atom stereocenters. The van der Waals surface area contributed by atoms with Crippen LogP contribution in [-0.4, -0.2) is 38.7 Å². The van der Waals surface area contributed by atoms with Gasteiger partial charge in [-0.05, 0) is 61.6 Å². The van der Waals surface area contributed by atoms with E-state index >= 15 is 0 Å². The Hall–Kier alpha value is -4.52. The lowest BCUT2D eigenvalue weighted by Gasteiger charge is -2.36. The van der Waals surface area contributed by atoms with E-state index in [0.29, 0.717) is 53.5 Å². The number of carbonyl (C=O) groups is 2. The molecule has 0 bridgehead atoms. The molecule has 3 aromatic carbocycles. The lowest BCUT2D eigenvalue weighted by Crippen LogP contribution is -2.36. The maximum Gasteiger partial charge on any atom is 0.336 e. The Morgan fingerprint density at radius 2 is 1.61 bits per heavy atom. The molecule has 1 aliphatic carbocycles. The van der Waals surface area contributed by atoms with Gasteiger partial charge in [-0.25, -0.2) is 4.79 Å². The van der Waals surface area contributed by atoms with Crippen LogP contribution in [0.4, 0.5) is 0 Å². The van der Waals surface area contributed by atoms with Gasteiger partial charge in [0, 0.05) is 29.3 Å². The number of allylic oxidation sites excluding steroid dienone is 3. The Bertz CT molecular complexity index is 1460. The maximum absolute atomic E-state index is 13.9. The van der Waals surface area contributed by atoms with E-state index in [0.717, 1.165) is 16.8 Å². The number of rotatable bonds is 10. The molecule has 0 saturated heterocycles. The highest BCUT2D eigenvalue weighted by molar-refractivity contribution is 6.04. The number of hydrogen-bond donors (Lipinski definition) is 1. The molecule has 7 nitrogen and oxygen atoms in total. The molecule has 1 aliphatic heterocycles. The van der Waals surface area contributed by atoms with Crippen LogP contribution in [-0.2, 0) is 14.3 Å². The van der Waals surface area contributed by atoms with Crippen molar-refractivity contribution in [3.63, 3.8) is 0 Å². The van der Waals surface area contributed by atoms with Gasteiger partial charge >= 0.3 is 5.97 Å². The fourth-order valence-electron chi connectivity index (χ4n) is 5.63. The Kier molecular flexibility index (Phi) is 8.73. The summed E-state index contributed by atoms with van der Waals surface area (Å²) >= 11 is 0. The van der Waals surface area contributed by atoms with Crippen LogP contribution < -0.4 is 19.5 Å². The summed E-state index contributed by atoms with van der Waals surface area (Å²) in [5.41, 5.74) is 4.39. The van der Waals surface area contributed by atoms with Gasteiger partial charge < -0.3 is 24.3 Å². The molecule has 212 valence electrons. The Morgan fingerprint density at radius 1 is 0.878 bits per heavy atom. The van der Waals surface area contributed by atoms with Gasteiger partial charge in [-0.1, -0.05) is 54.6 Å². The van der Waals surface area contributed by atoms with E-state index in [1.807, 2.05) is 80.6 Å². The fraction of sp³-hybridized carbons (Fsp3) is 0.294. The molecule has 1 N–H and O–H groups in total. The van der Waals surface area contributed by atoms with Gasteiger partial charge in [-0.3, -0.25) is 4.79 Å². The number of para-hydroxylation sites is 1. The van der Waals surface area contributed by atoms with Crippen LogP contribution in [0.5, 0.6) is 17.2 Å². The van der Waals surface area contributed by atoms with Crippen molar-refractivity contribution in [2.45, 2.75) is 38.5 Å². The second-order valence-electron chi connectivity index (χ2n) is 10.1. The molecule has 0 spiro atoms. The molecule has 3 aromatic rings. The second kappa shape index (κ2) is 12.8. The molecule has 0 aromatic heterocycles. The first-order valence-electron chi connectivity index (χ1n) is 13.9. The van der Waals surface area contributed by atoms with Crippen LogP contribution >= 0.6 is 0 Å². The smallest absolute Gasteiger partial charge is 0.336 e. The van der Waals surface area contributed by atoms with Crippen molar-refractivity contribution in [1.82, 2.24) is 5.32 Å². The van der Waals surface area contributed by atoms with Gasteiger partial charge in [0.15, 0.2) is 17.3 Å². The van der Waals surface area contributed by atoms with Crippen molar-refractivity contribution < 1.29 is 28.5 Å². The summed E-state index contributed by atoms with van der Waals surface area (Å²) in [5.74, 6) is 0.809. The number of nitrogens with one attached hydrogen (secondary N) is 1. The fourth-order valence-corrected chi connectivity index (χ4v) is 5.63. The highest BCUT2D eigenvalue weighted by Gasteiger charge is 2.41. The topological polar surface area (TPSA) is 83.1 Å². The molecule has 7 heteroatoms. The van der Waals surface area contributed by atoms with Gasteiger partial charge in [-0.15, -0.1) is 0 Å². The van der Waals surface area contributed by atoms with Crippen molar-refractivity contribution in [3.8, 4) is 17.2 Å². The van der Waals surface area contributed by atoms with Crippen molar-refractivity contribution >= 4 is 11.8 Å². The first-order valence-corrected chi connectivity index (χ1v) is 13.9. The molecule has 0 radical (unpaired) electrons. The Morgan fingerprint density at radius 3 is 2.32 bits per heavy atom. The summed E-state index contributed by atoms with van der Waals surface area (Å²) < 4.78 is 22.7. The number of Topliss-reactive ketones (excluding diaryl/α,β-unsaturated/α-hetero) is 1. The Balaban J connectivity index is 1.46. The summed E-state index contributed by atoms with van der Waals surface area (Å²) in [4.78, 5) is 27.5. The third-order valence-corrected chi connectivity index (χ3v) is 7.47. The average Bonchev–Trinajstić information content (AvgIpc) is 2.99. The summed E-state index contributed by atoms with van der Waals surface area (Å²) in [7, 11) is 1.58. The largest absolute Gasteiger partial charge is 0.493 e. The van der Waals surface area contributed by atoms with Gasteiger partial charge in [-0.2, -0.15) is 0 Å². The number of ketones is 1. The summed E-state index contributed by atoms with van der Waals surface area (Å²) in [6, 6.07) is 25.0. The maximum atomic E-state index is 13.9. The van der Waals surface area contributed by atoms with Crippen LogP contribution in [0.15, 0.2) is 101 Å². The quantitative estimate of drug-likeness (QED) is 0.241. The number of carbonyl (C=O) groups excluding carboxylic acids is 2. The van der Waals surface area contributed by atoms with E-state index in [1.54, 1.807) is 7.11 Å². The van der Waals surface area contributed by atoms with Crippen molar-refractivity contribution in [2.75, 3.05) is 26.9 Å². The zero-order chi connectivity index (χ0) is 28.8. The minimum atomic E-state index is -0.609. The molecule has 41 heavy (non-hydrogen) atoms. The van der Waals surface area contributed by atoms with Gasteiger partial charge in [0.1, 0.15) is 19.0 Å². The SMILES string of the molecule is CCOc1ccc(C2C(C(=O)OCCOc3ccccc3)=C(C)NC3=C2C(=O)CC(c2ccccc2)C3)cc1OC. The van der Waals surface area contributed by atoms with Crippen LogP contribution in [0, 0.1) is 0 Å². The molecule has 0 fully saturated rings. The minimum absolute atomic E-state index is 0.00988. The van der Waals surface area contributed by atoms with Crippen molar-refractivity contribution in [3.05, 3.63) is 113 Å². The summed E-state index contributed by atoms with van der Waals surface area (Å²) in [6.07, 6.45) is 1.03. The number of esters is 1. The first-order chi connectivity index (χ1) is 20.0. The molecular weight excluding hydrogens is 518 g/mol. The third-order valence-electron chi connectivity index (χ3n) is 7.47. The first kappa shape index (κ1) is 28.0. The van der Waals surface area contributed by atoms with Crippen molar-refractivity contribution in [1.29, 1.82) is 0 Å². The van der Waals surface area contributed by atoms with E-state index in [9.17, 15) is 9.59 Å². The van der Waals surface area contributed by atoms with Gasteiger partial charge in [0.25, 0.3) is 0 Å². The monoisotopic (exact) mass is 553 g/mol. The van der Waals surface area contributed by atoms with Crippen LogP contribution in [0.25, 0.3) is 0 Å². The number of hydrogen-bond acceptors (Lipinski definition) is 7. The van der Waals surface area contributed by atoms with Crippen molar-refractivity contribution in [2.24, 2.45) is 0 Å². The number of methoxy groups -OCH3 is 1. The highest BCUT2D eigenvalue weighted by atomic mass is 16.6. The summed E-state index contributed by atoms with van der Waals surface area (Å²) in [6.45, 7) is 4.53. The van der Waals surface area contributed by atoms with Crippen LogP contribution in [0.3, 0.4) is 0 Å². The molecule has 5 rings (SSSR count). The van der Waals surface area contributed by atoms with E-state index in [1.165, 1.54) is 0 Å². The number of dihydropyridines is 1. The van der Waals surface area contributed by atoms with E-state index < -0.39 is 11.9 Å². The average molecular weight is 554 g/mol. The van der Waals surface area contributed by atoms with E-state index in [-0.39, 0.29) is 24.9 Å². The normalized spacial score (nSPS) is 18.4. The zero-order valence-corrected chi connectivity index (χ0v) is 23.6. The molecule has 0 saturated carbocycles. The lowest BCUT2D eigenvalue weighted by atomic mass is 9.71. The van der Waals surface area contributed by atoms with Crippen LogP contribution in [0.1, 0.15) is 49.7 Å². The predicted octanol–water partition coefficient (Wildman–Crippen LogP) is 6.08. The third kappa shape index (κ3) is 6.14. The molecule has 0 amide bonds. The number of ether oxygens (including phenoxy) is 4. The molecule has 2 aliphatic rings. The Labute approximate surface area is 240 Å². The standard InChI is InChI=1S/C34H35NO6/c1-4-39-29-16-15-24(21-30(29)38-3)32-31(34(37)41-18-17-40-26-13-9-6-10-14-26)22(2)35-27-19-25(20-28(36)33(27)32)23-11-7-5-8-12-23/h5-16,21,25,32,35H,4,17-20H2,1-3H3. The second-order valence-corrected chi connectivity index (χ2v) is 10.1. The highest BCUT2D eigenvalue weighted by Crippen LogP contribution is 2.47. The molecular formula is C34H35NO6. The predicted molar refractivity (Wildman–Crippen MR) is 156 cm³/mol.